The van der Waals surface area contributed by atoms with Gasteiger partial charge in [-0.25, -0.2) is 15.0 Å². The smallest absolute Gasteiger partial charge is 0.167 e. The van der Waals surface area contributed by atoms with E-state index in [1.54, 1.807) is 0 Å². The number of hydrogen-bond donors (Lipinski definition) is 0. The third-order valence-corrected chi connectivity index (χ3v) is 10.9. The van der Waals surface area contributed by atoms with E-state index in [4.69, 9.17) is 29.3 Å². The molecule has 3 heterocycles. The van der Waals surface area contributed by atoms with Gasteiger partial charge in [-0.3, -0.25) is 0 Å². The standard InChI is InChI=1S/C51H29N3O2/c1-2-12-30(13-3-1)49-52-50(32-25-27-40-39-18-8-9-22-44(39)55-46(40)29-32)54-51(53-49)42-21-10-20-41-47-33(19-11-23-45(47)56-48(41)42)31-24-26-38-36-16-5-4-14-34(36)35-15-6-7-17-37(35)43(38)28-31/h1-29H/i1D,2D,3D,12D. The number of rotatable bonds is 4. The van der Waals surface area contributed by atoms with Crippen LogP contribution < -0.4 is 0 Å². The molecular formula is C51H29N3O2. The summed E-state index contributed by atoms with van der Waals surface area (Å²) in [4.78, 5) is 14.8. The summed E-state index contributed by atoms with van der Waals surface area (Å²) in [5, 5.41) is 11.0. The summed E-state index contributed by atoms with van der Waals surface area (Å²) in [6.45, 7) is 0. The van der Waals surface area contributed by atoms with Gasteiger partial charge in [0.2, 0.25) is 0 Å². The minimum absolute atomic E-state index is 0.108. The molecule has 0 atom stereocenters. The van der Waals surface area contributed by atoms with Crippen molar-refractivity contribution in [3.05, 3.63) is 176 Å². The van der Waals surface area contributed by atoms with E-state index in [9.17, 15) is 0 Å². The van der Waals surface area contributed by atoms with E-state index in [0.717, 1.165) is 38.3 Å². The predicted octanol–water partition coefficient (Wildman–Crippen LogP) is 13.8. The van der Waals surface area contributed by atoms with Crippen LogP contribution >= 0.6 is 0 Å². The highest BCUT2D eigenvalue weighted by Gasteiger charge is 2.21. The van der Waals surface area contributed by atoms with Crippen molar-refractivity contribution in [1.82, 2.24) is 15.0 Å². The lowest BCUT2D eigenvalue weighted by Crippen LogP contribution is -2.00. The quantitative estimate of drug-likeness (QED) is 0.169. The summed E-state index contributed by atoms with van der Waals surface area (Å²) in [6.07, 6.45) is 0. The Morgan fingerprint density at radius 3 is 1.77 bits per heavy atom. The van der Waals surface area contributed by atoms with E-state index >= 15 is 0 Å². The fourth-order valence-electron chi connectivity index (χ4n) is 8.35. The van der Waals surface area contributed by atoms with Gasteiger partial charge in [0.05, 0.1) is 11.0 Å². The second kappa shape index (κ2) is 11.9. The molecule has 0 bridgehead atoms. The van der Waals surface area contributed by atoms with Crippen LogP contribution in [0.2, 0.25) is 0 Å². The number of hydrogen-bond acceptors (Lipinski definition) is 5. The molecule has 0 aliphatic heterocycles. The summed E-state index contributed by atoms with van der Waals surface area (Å²) >= 11 is 0. The van der Waals surface area contributed by atoms with Gasteiger partial charge in [-0.05, 0) is 79.8 Å². The van der Waals surface area contributed by atoms with Crippen LogP contribution in [0.15, 0.2) is 185 Å². The minimum atomic E-state index is -0.369. The van der Waals surface area contributed by atoms with Gasteiger partial charge in [-0.15, -0.1) is 0 Å². The van der Waals surface area contributed by atoms with Crippen molar-refractivity contribution in [3.63, 3.8) is 0 Å². The molecule has 9 aromatic carbocycles. The van der Waals surface area contributed by atoms with Crippen LogP contribution in [0.4, 0.5) is 0 Å². The van der Waals surface area contributed by atoms with Crippen LogP contribution in [0.25, 0.3) is 121 Å². The molecule has 0 aliphatic carbocycles. The molecule has 0 aliphatic rings. The van der Waals surface area contributed by atoms with E-state index in [0.29, 0.717) is 39.5 Å². The molecule has 0 saturated carbocycles. The number of aromatic nitrogens is 3. The van der Waals surface area contributed by atoms with Crippen molar-refractivity contribution in [2.75, 3.05) is 0 Å². The fraction of sp³-hybridized carbons (Fsp3) is 0. The van der Waals surface area contributed by atoms with Crippen molar-refractivity contribution in [2.45, 2.75) is 0 Å². The zero-order valence-electron chi connectivity index (χ0n) is 33.6. The van der Waals surface area contributed by atoms with E-state index in [1.807, 2.05) is 72.8 Å². The lowest BCUT2D eigenvalue weighted by molar-refractivity contribution is 0.668. The molecule has 0 radical (unpaired) electrons. The largest absolute Gasteiger partial charge is 0.456 e. The molecule has 3 aromatic heterocycles. The minimum Gasteiger partial charge on any atom is -0.456 e. The predicted molar refractivity (Wildman–Crippen MR) is 229 cm³/mol. The zero-order valence-corrected chi connectivity index (χ0v) is 29.6. The van der Waals surface area contributed by atoms with Crippen LogP contribution in [0, 0.1) is 0 Å². The summed E-state index contributed by atoms with van der Waals surface area (Å²) < 4.78 is 46.8. The Hall–Kier alpha value is -7.63. The highest BCUT2D eigenvalue weighted by atomic mass is 16.3. The van der Waals surface area contributed by atoms with Crippen molar-refractivity contribution in [1.29, 1.82) is 0 Å². The summed E-state index contributed by atoms with van der Waals surface area (Å²) in [6, 6.07) is 49.8. The Morgan fingerprint density at radius 2 is 0.946 bits per heavy atom. The molecule has 0 unspecified atom stereocenters. The summed E-state index contributed by atoms with van der Waals surface area (Å²) in [5.41, 5.74) is 6.24. The molecule has 0 saturated heterocycles. The Balaban J connectivity index is 1.07. The highest BCUT2D eigenvalue weighted by Crippen LogP contribution is 2.43. The Kier molecular flexibility index (Phi) is 5.76. The normalized spacial score (nSPS) is 12.9. The van der Waals surface area contributed by atoms with E-state index in [2.05, 4.69) is 72.8 Å². The number of fused-ring (bicyclic) bond motifs is 12. The van der Waals surface area contributed by atoms with Gasteiger partial charge in [-0.1, -0.05) is 139 Å². The number of nitrogens with zero attached hydrogens (tertiary/aromatic N) is 3. The summed E-state index contributed by atoms with van der Waals surface area (Å²) in [7, 11) is 0. The van der Waals surface area contributed by atoms with E-state index < -0.39 is 0 Å². The van der Waals surface area contributed by atoms with Gasteiger partial charge in [0.15, 0.2) is 17.5 Å². The maximum absolute atomic E-state index is 8.81. The first-order valence-electron chi connectivity index (χ1n) is 20.4. The number of para-hydroxylation sites is 2. The lowest BCUT2D eigenvalue weighted by atomic mass is 9.91. The van der Waals surface area contributed by atoms with E-state index in [1.165, 1.54) is 38.4 Å². The maximum atomic E-state index is 8.81. The highest BCUT2D eigenvalue weighted by molar-refractivity contribution is 6.26. The SMILES string of the molecule is [2H]c1cc(-c2nc(-c3ccc4c(c3)oc3ccccc34)nc(-c3cccc4c3oc3cccc(-c5ccc6c7ccccc7c7ccccc7c6c5)c34)n2)c([2H])c([2H])c1[2H]. The van der Waals surface area contributed by atoms with Crippen molar-refractivity contribution >= 4 is 76.2 Å². The lowest BCUT2D eigenvalue weighted by Gasteiger charge is -2.12. The Labute approximate surface area is 325 Å². The molecule has 0 fully saturated rings. The van der Waals surface area contributed by atoms with Gasteiger partial charge in [0.1, 0.15) is 22.3 Å². The Bertz CT molecular complexity index is 3760. The van der Waals surface area contributed by atoms with Crippen molar-refractivity contribution in [3.8, 4) is 45.3 Å². The van der Waals surface area contributed by atoms with E-state index in [-0.39, 0.29) is 35.6 Å². The molecule has 260 valence electrons. The third-order valence-electron chi connectivity index (χ3n) is 10.9. The summed E-state index contributed by atoms with van der Waals surface area (Å²) in [5.74, 6) is 0.716. The first-order valence-corrected chi connectivity index (χ1v) is 18.4. The van der Waals surface area contributed by atoms with Gasteiger partial charge in [0, 0.05) is 32.7 Å². The van der Waals surface area contributed by atoms with Crippen LogP contribution in [-0.4, -0.2) is 15.0 Å². The Morgan fingerprint density at radius 1 is 0.357 bits per heavy atom. The van der Waals surface area contributed by atoms with Crippen LogP contribution in [0.1, 0.15) is 5.48 Å². The molecule has 5 nitrogen and oxygen atoms in total. The molecule has 5 heteroatoms. The topological polar surface area (TPSA) is 65.0 Å². The number of benzene rings is 9. The molecule has 12 aromatic rings. The third kappa shape index (κ3) is 4.64. The first kappa shape index (κ1) is 27.0. The number of furan rings is 2. The second-order valence-corrected chi connectivity index (χ2v) is 14.0. The molecule has 0 N–H and O–H groups in total. The van der Waals surface area contributed by atoms with Crippen LogP contribution in [0.5, 0.6) is 0 Å². The van der Waals surface area contributed by atoms with Gasteiger partial charge < -0.3 is 8.83 Å². The first-order chi connectivity index (χ1) is 29.4. The van der Waals surface area contributed by atoms with Crippen molar-refractivity contribution < 1.29 is 14.3 Å². The van der Waals surface area contributed by atoms with Gasteiger partial charge >= 0.3 is 0 Å². The monoisotopic (exact) mass is 719 g/mol. The van der Waals surface area contributed by atoms with Crippen LogP contribution in [-0.2, 0) is 0 Å². The maximum Gasteiger partial charge on any atom is 0.167 e. The van der Waals surface area contributed by atoms with Crippen molar-refractivity contribution in [2.24, 2.45) is 0 Å². The molecule has 56 heavy (non-hydrogen) atoms. The zero-order chi connectivity index (χ0) is 40.2. The molecule has 12 rings (SSSR count). The average Bonchev–Trinajstić information content (AvgIpc) is 3.87. The van der Waals surface area contributed by atoms with Crippen LogP contribution in [0.3, 0.4) is 0 Å². The average molecular weight is 720 g/mol. The molecular weight excluding hydrogens is 687 g/mol. The van der Waals surface area contributed by atoms with Gasteiger partial charge in [-0.2, -0.15) is 0 Å². The molecule has 0 amide bonds. The second-order valence-electron chi connectivity index (χ2n) is 14.0. The van der Waals surface area contributed by atoms with Gasteiger partial charge in [0.25, 0.3) is 0 Å². The molecule has 0 spiro atoms. The fourth-order valence-corrected chi connectivity index (χ4v) is 8.35.